The number of hydrogen-bond acceptors (Lipinski definition) is 4. The number of nitrogens with zero attached hydrogens (tertiary/aromatic N) is 3. The summed E-state index contributed by atoms with van der Waals surface area (Å²) in [5.41, 5.74) is 11.4. The Balaban J connectivity index is 1.16. The molecule has 2 heterocycles. The third-order valence-corrected chi connectivity index (χ3v) is 10.5. The highest BCUT2D eigenvalue weighted by Crippen LogP contribution is 2.44. The first kappa shape index (κ1) is 29.9. The van der Waals surface area contributed by atoms with Crippen LogP contribution in [0.2, 0.25) is 0 Å². The molecule has 0 saturated carbocycles. The molecule has 0 fully saturated rings. The van der Waals surface area contributed by atoms with Crippen molar-refractivity contribution < 1.29 is 0 Å². The van der Waals surface area contributed by atoms with Crippen LogP contribution >= 0.6 is 11.3 Å². The van der Waals surface area contributed by atoms with Crippen LogP contribution in [0.5, 0.6) is 0 Å². The molecule has 0 saturated heterocycles. The van der Waals surface area contributed by atoms with Crippen molar-refractivity contribution >= 4 is 31.5 Å². The molecule has 0 spiro atoms. The van der Waals surface area contributed by atoms with Gasteiger partial charge in [0.25, 0.3) is 0 Å². The molecule has 9 aromatic rings. The predicted octanol–water partition coefficient (Wildman–Crippen LogP) is 12.5. The summed E-state index contributed by atoms with van der Waals surface area (Å²) in [6.45, 7) is 2.16. The molecule has 0 unspecified atom stereocenters. The summed E-state index contributed by atoms with van der Waals surface area (Å²) in [6.07, 6.45) is 0. The third kappa shape index (κ3) is 5.46. The molecule has 0 aliphatic heterocycles. The zero-order valence-corrected chi connectivity index (χ0v) is 28.2. The van der Waals surface area contributed by atoms with Gasteiger partial charge in [-0.3, -0.25) is 0 Å². The standard InChI is InChI=1S/C46H31N3S/c1-30-12-8-9-17-37(30)34-24-20-31(21-25-34)32-22-26-36(27-23-32)45-47-44(35-15-6-3-7-16-35)48-46(49-45)40-29-28-38(33-13-4-2-5-14-33)42-39-18-10-11-19-41(39)50-43(40)42/h2-29H,1H3. The first-order chi connectivity index (χ1) is 24.7. The van der Waals surface area contributed by atoms with E-state index in [4.69, 9.17) is 15.0 Å². The minimum absolute atomic E-state index is 0.650. The lowest BCUT2D eigenvalue weighted by molar-refractivity contribution is 1.08. The maximum absolute atomic E-state index is 5.16. The Morgan fingerprint density at radius 2 is 0.840 bits per heavy atom. The van der Waals surface area contributed by atoms with Crippen LogP contribution in [0, 0.1) is 6.92 Å². The van der Waals surface area contributed by atoms with Crippen LogP contribution in [0.3, 0.4) is 0 Å². The number of thiophene rings is 1. The Kier molecular flexibility index (Phi) is 7.57. The molecule has 0 aliphatic rings. The average Bonchev–Trinajstić information content (AvgIpc) is 3.58. The van der Waals surface area contributed by atoms with Crippen molar-refractivity contribution in [1.82, 2.24) is 15.0 Å². The molecule has 50 heavy (non-hydrogen) atoms. The number of aryl methyl sites for hydroxylation is 1. The van der Waals surface area contributed by atoms with Crippen LogP contribution in [-0.2, 0) is 0 Å². The summed E-state index contributed by atoms with van der Waals surface area (Å²) in [5, 5.41) is 2.48. The van der Waals surface area contributed by atoms with Gasteiger partial charge in [0.15, 0.2) is 17.5 Å². The smallest absolute Gasteiger partial charge is 0.165 e. The highest BCUT2D eigenvalue weighted by atomic mass is 32.1. The maximum atomic E-state index is 5.16. The number of hydrogen-bond donors (Lipinski definition) is 0. The van der Waals surface area contributed by atoms with Gasteiger partial charge in [-0.25, -0.2) is 15.0 Å². The SMILES string of the molecule is Cc1ccccc1-c1ccc(-c2ccc(-c3nc(-c4ccccc4)nc(-c4ccc(-c5ccccc5)c5c4sc4ccccc45)n3)cc2)cc1. The summed E-state index contributed by atoms with van der Waals surface area (Å²) in [7, 11) is 0. The van der Waals surface area contributed by atoms with Gasteiger partial charge in [-0.05, 0) is 58.0 Å². The largest absolute Gasteiger partial charge is 0.208 e. The second-order valence-corrected chi connectivity index (χ2v) is 13.5. The van der Waals surface area contributed by atoms with Crippen molar-refractivity contribution in [2.45, 2.75) is 6.92 Å². The quantitative estimate of drug-likeness (QED) is 0.179. The van der Waals surface area contributed by atoms with Crippen molar-refractivity contribution in [2.24, 2.45) is 0 Å². The molecule has 3 nitrogen and oxygen atoms in total. The van der Waals surface area contributed by atoms with Gasteiger partial charge in [-0.15, -0.1) is 11.3 Å². The average molecular weight is 658 g/mol. The summed E-state index contributed by atoms with van der Waals surface area (Å²) >= 11 is 1.79. The zero-order valence-electron chi connectivity index (χ0n) is 27.4. The van der Waals surface area contributed by atoms with E-state index in [0.29, 0.717) is 17.5 Å². The molecular formula is C46H31N3S. The van der Waals surface area contributed by atoms with Crippen molar-refractivity contribution in [3.63, 3.8) is 0 Å². The van der Waals surface area contributed by atoms with Gasteiger partial charge in [-0.2, -0.15) is 0 Å². The molecular weight excluding hydrogens is 627 g/mol. The molecule has 7 aromatic carbocycles. The Morgan fingerprint density at radius 3 is 1.52 bits per heavy atom. The van der Waals surface area contributed by atoms with Crippen LogP contribution in [0.1, 0.15) is 5.56 Å². The van der Waals surface area contributed by atoms with Crippen molar-refractivity contribution in [3.05, 3.63) is 175 Å². The molecule has 236 valence electrons. The van der Waals surface area contributed by atoms with Gasteiger partial charge in [0.05, 0.1) is 0 Å². The molecule has 0 amide bonds. The summed E-state index contributed by atoms with van der Waals surface area (Å²) in [6, 6.07) is 59.7. The molecule has 0 atom stereocenters. The molecule has 4 heteroatoms. The molecule has 0 bridgehead atoms. The van der Waals surface area contributed by atoms with Crippen molar-refractivity contribution in [1.29, 1.82) is 0 Å². The normalized spacial score (nSPS) is 11.3. The minimum Gasteiger partial charge on any atom is -0.208 e. The monoisotopic (exact) mass is 657 g/mol. The number of fused-ring (bicyclic) bond motifs is 3. The van der Waals surface area contributed by atoms with E-state index in [2.05, 4.69) is 159 Å². The lowest BCUT2D eigenvalue weighted by atomic mass is 9.97. The topological polar surface area (TPSA) is 38.7 Å². The highest BCUT2D eigenvalue weighted by Gasteiger charge is 2.19. The Bertz CT molecular complexity index is 2630. The fourth-order valence-corrected chi connectivity index (χ4v) is 7.99. The van der Waals surface area contributed by atoms with E-state index in [-0.39, 0.29) is 0 Å². The minimum atomic E-state index is 0.650. The van der Waals surface area contributed by atoms with Crippen LogP contribution in [0.25, 0.3) is 87.7 Å². The van der Waals surface area contributed by atoms with Gasteiger partial charge in [-0.1, -0.05) is 158 Å². The summed E-state index contributed by atoms with van der Waals surface area (Å²) < 4.78 is 2.42. The Morgan fingerprint density at radius 1 is 0.360 bits per heavy atom. The molecule has 0 radical (unpaired) electrons. The van der Waals surface area contributed by atoms with E-state index >= 15 is 0 Å². The fraction of sp³-hybridized carbons (Fsp3) is 0.0217. The van der Waals surface area contributed by atoms with E-state index < -0.39 is 0 Å². The van der Waals surface area contributed by atoms with Crippen molar-refractivity contribution in [3.8, 4) is 67.5 Å². The lowest BCUT2D eigenvalue weighted by Crippen LogP contribution is -2.00. The Hall–Kier alpha value is -6.23. The molecule has 0 aliphatic carbocycles. The second-order valence-electron chi connectivity index (χ2n) is 12.5. The van der Waals surface area contributed by atoms with Crippen LogP contribution in [0.15, 0.2) is 170 Å². The van der Waals surface area contributed by atoms with Gasteiger partial charge < -0.3 is 0 Å². The van der Waals surface area contributed by atoms with Crippen LogP contribution in [0.4, 0.5) is 0 Å². The maximum Gasteiger partial charge on any atom is 0.165 e. The number of aromatic nitrogens is 3. The first-order valence-electron chi connectivity index (χ1n) is 16.8. The van der Waals surface area contributed by atoms with Gasteiger partial charge in [0.2, 0.25) is 0 Å². The highest BCUT2D eigenvalue weighted by molar-refractivity contribution is 7.26. The van der Waals surface area contributed by atoms with Crippen LogP contribution < -0.4 is 0 Å². The van der Waals surface area contributed by atoms with Crippen molar-refractivity contribution in [2.75, 3.05) is 0 Å². The van der Waals surface area contributed by atoms with E-state index in [1.54, 1.807) is 11.3 Å². The van der Waals surface area contributed by atoms with E-state index in [1.807, 2.05) is 18.2 Å². The molecule has 9 rings (SSSR count). The number of benzene rings is 7. The van der Waals surface area contributed by atoms with Gasteiger partial charge >= 0.3 is 0 Å². The van der Waals surface area contributed by atoms with Gasteiger partial charge in [0, 0.05) is 36.9 Å². The first-order valence-corrected chi connectivity index (χ1v) is 17.6. The van der Waals surface area contributed by atoms with Crippen LogP contribution in [-0.4, -0.2) is 15.0 Å². The van der Waals surface area contributed by atoms with Gasteiger partial charge in [0.1, 0.15) is 0 Å². The third-order valence-electron chi connectivity index (χ3n) is 9.34. The second kappa shape index (κ2) is 12.7. The van der Waals surface area contributed by atoms with E-state index in [9.17, 15) is 0 Å². The lowest BCUT2D eigenvalue weighted by Gasteiger charge is -2.12. The predicted molar refractivity (Wildman–Crippen MR) is 210 cm³/mol. The zero-order chi connectivity index (χ0) is 33.4. The summed E-state index contributed by atoms with van der Waals surface area (Å²) in [4.78, 5) is 15.3. The van der Waals surface area contributed by atoms with E-state index in [1.165, 1.54) is 53.6 Å². The fourth-order valence-electron chi connectivity index (χ4n) is 6.76. The molecule has 2 aromatic heterocycles. The summed E-state index contributed by atoms with van der Waals surface area (Å²) in [5.74, 6) is 1.97. The molecule has 0 N–H and O–H groups in total. The van der Waals surface area contributed by atoms with E-state index in [0.717, 1.165) is 22.3 Å². The number of rotatable bonds is 6. The Labute approximate surface area is 295 Å².